The molecule has 1 N–H and O–H groups in total. The largest absolute Gasteiger partial charge is 0.382 e. The summed E-state index contributed by atoms with van der Waals surface area (Å²) >= 11 is 0. The number of hydrogen-bond acceptors (Lipinski definition) is 5. The zero-order valence-corrected chi connectivity index (χ0v) is 12.0. The van der Waals surface area contributed by atoms with Gasteiger partial charge in [0.2, 0.25) is 0 Å². The average Bonchev–Trinajstić information content (AvgIpc) is 2.36. The highest BCUT2D eigenvalue weighted by Crippen LogP contribution is 2.28. The first-order valence-electron chi connectivity index (χ1n) is 6.73. The molecule has 5 nitrogen and oxygen atoms in total. The number of nitrogens with one attached hydrogen (secondary N) is 1. The molecule has 1 fully saturated rings. The van der Waals surface area contributed by atoms with E-state index in [1.165, 1.54) is 0 Å². The summed E-state index contributed by atoms with van der Waals surface area (Å²) in [4.78, 5) is 0. The highest BCUT2D eigenvalue weighted by Gasteiger charge is 2.42. The Bertz CT molecular complexity index is 215. The van der Waals surface area contributed by atoms with Gasteiger partial charge in [-0.3, -0.25) is 0 Å². The molecule has 0 spiro atoms. The van der Waals surface area contributed by atoms with Gasteiger partial charge in [-0.2, -0.15) is 0 Å². The maximum absolute atomic E-state index is 5.93. The zero-order chi connectivity index (χ0) is 13.4. The van der Waals surface area contributed by atoms with Gasteiger partial charge in [0.15, 0.2) is 0 Å². The molecule has 0 saturated heterocycles. The molecule has 0 amide bonds. The fraction of sp³-hybridized carbons (Fsp3) is 1.00. The van der Waals surface area contributed by atoms with Crippen LogP contribution in [0.25, 0.3) is 0 Å². The van der Waals surface area contributed by atoms with Gasteiger partial charge in [0.1, 0.15) is 0 Å². The van der Waals surface area contributed by atoms with Gasteiger partial charge in [0.05, 0.1) is 38.1 Å². The molecule has 4 unspecified atom stereocenters. The van der Waals surface area contributed by atoms with E-state index < -0.39 is 0 Å². The molecule has 1 aliphatic carbocycles. The lowest BCUT2D eigenvalue weighted by molar-refractivity contribution is -0.175. The van der Waals surface area contributed by atoms with Crippen molar-refractivity contribution in [1.82, 2.24) is 5.32 Å². The van der Waals surface area contributed by atoms with Gasteiger partial charge in [-0.15, -0.1) is 0 Å². The van der Waals surface area contributed by atoms with E-state index >= 15 is 0 Å². The van der Waals surface area contributed by atoms with E-state index in [0.29, 0.717) is 25.9 Å². The Labute approximate surface area is 110 Å². The van der Waals surface area contributed by atoms with E-state index in [9.17, 15) is 0 Å². The first-order chi connectivity index (χ1) is 8.72. The first kappa shape index (κ1) is 15.9. The third-order valence-electron chi connectivity index (χ3n) is 3.18. The van der Waals surface area contributed by atoms with Gasteiger partial charge < -0.3 is 24.3 Å². The monoisotopic (exact) mass is 261 g/mol. The smallest absolute Gasteiger partial charge is 0.0991 e. The van der Waals surface area contributed by atoms with Crippen LogP contribution in [0.2, 0.25) is 0 Å². The van der Waals surface area contributed by atoms with Crippen molar-refractivity contribution in [3.8, 4) is 0 Å². The molecule has 0 heterocycles. The van der Waals surface area contributed by atoms with Crippen LogP contribution in [-0.2, 0) is 18.9 Å². The zero-order valence-electron chi connectivity index (χ0n) is 12.0. The van der Waals surface area contributed by atoms with Crippen molar-refractivity contribution in [2.75, 3.05) is 40.6 Å². The van der Waals surface area contributed by atoms with Crippen LogP contribution in [0, 0.1) is 0 Å². The highest BCUT2D eigenvalue weighted by molar-refractivity contribution is 4.97. The average molecular weight is 261 g/mol. The van der Waals surface area contributed by atoms with Crippen molar-refractivity contribution in [3.63, 3.8) is 0 Å². The molecular formula is C13H27NO4. The number of ether oxygens (including phenoxy) is 4. The van der Waals surface area contributed by atoms with E-state index in [1.54, 1.807) is 7.11 Å². The van der Waals surface area contributed by atoms with E-state index in [2.05, 4.69) is 5.32 Å². The molecule has 18 heavy (non-hydrogen) atoms. The maximum atomic E-state index is 5.93. The molecule has 1 saturated carbocycles. The Balaban J connectivity index is 2.26. The molecule has 0 bridgehead atoms. The molecule has 1 aliphatic rings. The van der Waals surface area contributed by atoms with Gasteiger partial charge >= 0.3 is 0 Å². The van der Waals surface area contributed by atoms with Crippen LogP contribution in [0.5, 0.6) is 0 Å². The number of likely N-dealkylation sites (N-methyl/N-ethyl adjacent to an activating group) is 1. The van der Waals surface area contributed by atoms with Crippen molar-refractivity contribution in [3.05, 3.63) is 0 Å². The minimum Gasteiger partial charge on any atom is -0.382 e. The van der Waals surface area contributed by atoms with E-state index in [0.717, 1.165) is 13.0 Å². The maximum Gasteiger partial charge on any atom is 0.0991 e. The second-order valence-corrected chi connectivity index (χ2v) is 4.60. The van der Waals surface area contributed by atoms with Crippen molar-refractivity contribution < 1.29 is 18.9 Å². The molecule has 4 atom stereocenters. The Morgan fingerprint density at radius 2 is 2.11 bits per heavy atom. The fourth-order valence-corrected chi connectivity index (χ4v) is 2.11. The Kier molecular flexibility index (Phi) is 7.77. The van der Waals surface area contributed by atoms with Gasteiger partial charge in [-0.05, 0) is 27.3 Å². The topological polar surface area (TPSA) is 49.0 Å². The lowest BCUT2D eigenvalue weighted by Gasteiger charge is -2.44. The van der Waals surface area contributed by atoms with Crippen LogP contribution in [0.3, 0.4) is 0 Å². The predicted molar refractivity (Wildman–Crippen MR) is 69.9 cm³/mol. The van der Waals surface area contributed by atoms with Crippen molar-refractivity contribution in [2.24, 2.45) is 0 Å². The minimum absolute atomic E-state index is 0.112. The molecule has 0 radical (unpaired) electrons. The van der Waals surface area contributed by atoms with Gasteiger partial charge in [-0.25, -0.2) is 0 Å². The second kappa shape index (κ2) is 8.82. The van der Waals surface area contributed by atoms with Crippen LogP contribution >= 0.6 is 0 Å². The lowest BCUT2D eigenvalue weighted by Crippen LogP contribution is -2.60. The Morgan fingerprint density at radius 3 is 2.72 bits per heavy atom. The molecule has 108 valence electrons. The molecule has 5 heteroatoms. The standard InChI is InChI=1S/C13H27NO4/c1-5-16-9-10(2)18-12-8-11(14-3)13(12)17-7-6-15-4/h10-14H,5-9H2,1-4H3. The summed E-state index contributed by atoms with van der Waals surface area (Å²) in [5.74, 6) is 0. The number of methoxy groups -OCH3 is 1. The van der Waals surface area contributed by atoms with Crippen molar-refractivity contribution >= 4 is 0 Å². The summed E-state index contributed by atoms with van der Waals surface area (Å²) in [6, 6.07) is 0.381. The molecular weight excluding hydrogens is 234 g/mol. The van der Waals surface area contributed by atoms with Crippen molar-refractivity contribution in [2.45, 2.75) is 44.6 Å². The quantitative estimate of drug-likeness (QED) is 0.590. The Morgan fingerprint density at radius 1 is 1.33 bits per heavy atom. The van der Waals surface area contributed by atoms with Gasteiger partial charge in [0, 0.05) is 19.8 Å². The number of rotatable bonds is 10. The van der Waals surface area contributed by atoms with E-state index in [4.69, 9.17) is 18.9 Å². The molecule has 0 aromatic carbocycles. The van der Waals surface area contributed by atoms with Crippen LogP contribution in [-0.4, -0.2) is 64.9 Å². The molecule has 0 aliphatic heterocycles. The summed E-state index contributed by atoms with van der Waals surface area (Å²) in [6.45, 7) is 6.62. The van der Waals surface area contributed by atoms with Crippen LogP contribution < -0.4 is 5.32 Å². The summed E-state index contributed by atoms with van der Waals surface area (Å²) in [5, 5.41) is 3.25. The first-order valence-corrected chi connectivity index (χ1v) is 6.73. The van der Waals surface area contributed by atoms with Crippen LogP contribution in [0.1, 0.15) is 20.3 Å². The second-order valence-electron chi connectivity index (χ2n) is 4.60. The summed E-state index contributed by atoms with van der Waals surface area (Å²) in [7, 11) is 3.63. The molecule has 0 aromatic rings. The Hall–Kier alpha value is -0.200. The van der Waals surface area contributed by atoms with Gasteiger partial charge in [0.25, 0.3) is 0 Å². The lowest BCUT2D eigenvalue weighted by atomic mass is 9.85. The predicted octanol–water partition coefficient (Wildman–Crippen LogP) is 0.820. The molecule has 1 rings (SSSR count). The highest BCUT2D eigenvalue weighted by atomic mass is 16.6. The normalized spacial score (nSPS) is 29.0. The van der Waals surface area contributed by atoms with Crippen LogP contribution in [0.15, 0.2) is 0 Å². The third-order valence-corrected chi connectivity index (χ3v) is 3.18. The SMILES string of the molecule is CCOCC(C)OC1CC(NC)C1OCCOC. The van der Waals surface area contributed by atoms with E-state index in [1.807, 2.05) is 20.9 Å². The van der Waals surface area contributed by atoms with Crippen LogP contribution in [0.4, 0.5) is 0 Å². The summed E-state index contributed by atoms with van der Waals surface area (Å²) < 4.78 is 22.1. The summed E-state index contributed by atoms with van der Waals surface area (Å²) in [5.41, 5.74) is 0. The van der Waals surface area contributed by atoms with E-state index in [-0.39, 0.29) is 18.3 Å². The van der Waals surface area contributed by atoms with Crippen molar-refractivity contribution in [1.29, 1.82) is 0 Å². The molecule has 0 aromatic heterocycles. The fourth-order valence-electron chi connectivity index (χ4n) is 2.11. The number of hydrogen-bond donors (Lipinski definition) is 1. The minimum atomic E-state index is 0.112. The van der Waals surface area contributed by atoms with Gasteiger partial charge in [-0.1, -0.05) is 0 Å². The third kappa shape index (κ3) is 4.82. The summed E-state index contributed by atoms with van der Waals surface area (Å²) in [6.07, 6.45) is 1.38.